The molecule has 2 saturated heterocycles. The predicted molar refractivity (Wildman–Crippen MR) is 102 cm³/mol. The molecule has 2 N–H and O–H groups in total. The summed E-state index contributed by atoms with van der Waals surface area (Å²) < 4.78 is 25.1. The van der Waals surface area contributed by atoms with Crippen molar-refractivity contribution in [1.29, 1.82) is 0 Å². The zero-order valence-electron chi connectivity index (χ0n) is 15.5. The molecule has 8 heteroatoms. The minimum atomic E-state index is -3.31. The maximum atomic E-state index is 12.5. The molecule has 1 aromatic rings. The van der Waals surface area contributed by atoms with Gasteiger partial charge in [-0.3, -0.25) is 4.72 Å². The maximum absolute atomic E-state index is 12.5. The second kappa shape index (κ2) is 7.44. The van der Waals surface area contributed by atoms with Crippen molar-refractivity contribution in [2.45, 2.75) is 25.8 Å². The molecule has 0 bridgehead atoms. The van der Waals surface area contributed by atoms with Crippen molar-refractivity contribution >= 4 is 21.7 Å². The van der Waals surface area contributed by atoms with Crippen molar-refractivity contribution < 1.29 is 13.2 Å². The number of urea groups is 1. The number of likely N-dealkylation sites (tertiary alicyclic amines) is 2. The molecular formula is C18H28N4O3S. The Morgan fingerprint density at radius 3 is 2.77 bits per heavy atom. The SMILES string of the molecule is CN1CCCC2(CCN(C(=O)NCc3cccc(NS(C)(=O)=O)c3)C2)C1. The van der Waals surface area contributed by atoms with Crippen LogP contribution in [0.3, 0.4) is 0 Å². The Kier molecular flexibility index (Phi) is 5.43. The molecule has 7 nitrogen and oxygen atoms in total. The molecule has 1 spiro atoms. The van der Waals surface area contributed by atoms with Gasteiger partial charge in [0.15, 0.2) is 0 Å². The third-order valence-electron chi connectivity index (χ3n) is 5.25. The quantitative estimate of drug-likeness (QED) is 0.833. The van der Waals surface area contributed by atoms with Crippen LogP contribution < -0.4 is 10.0 Å². The number of amides is 2. The molecule has 1 unspecified atom stereocenters. The normalized spacial score (nSPS) is 24.0. The molecule has 2 aliphatic rings. The molecule has 2 fully saturated rings. The Bertz CT molecular complexity index is 767. The van der Waals surface area contributed by atoms with Crippen LogP contribution in [0, 0.1) is 5.41 Å². The number of rotatable bonds is 4. The number of hydrogen-bond acceptors (Lipinski definition) is 4. The van der Waals surface area contributed by atoms with E-state index in [1.807, 2.05) is 11.0 Å². The summed E-state index contributed by atoms with van der Waals surface area (Å²) in [6, 6.07) is 7.03. The van der Waals surface area contributed by atoms with Crippen molar-refractivity contribution in [3.63, 3.8) is 0 Å². The summed E-state index contributed by atoms with van der Waals surface area (Å²) in [5.74, 6) is 0. The molecule has 26 heavy (non-hydrogen) atoms. The summed E-state index contributed by atoms with van der Waals surface area (Å²) in [5, 5.41) is 2.96. The van der Waals surface area contributed by atoms with Gasteiger partial charge in [-0.2, -0.15) is 0 Å². The summed E-state index contributed by atoms with van der Waals surface area (Å²) in [5.41, 5.74) is 1.62. The smallest absolute Gasteiger partial charge is 0.317 e. The molecule has 2 heterocycles. The number of anilines is 1. The molecule has 0 aliphatic carbocycles. The van der Waals surface area contributed by atoms with Crippen molar-refractivity contribution in [2.24, 2.45) is 5.41 Å². The summed E-state index contributed by atoms with van der Waals surface area (Å²) in [7, 11) is -1.15. The highest BCUT2D eigenvalue weighted by molar-refractivity contribution is 7.92. The van der Waals surface area contributed by atoms with E-state index in [1.165, 1.54) is 12.8 Å². The molecule has 3 rings (SSSR count). The molecule has 0 aromatic heterocycles. The van der Waals surface area contributed by atoms with E-state index in [9.17, 15) is 13.2 Å². The van der Waals surface area contributed by atoms with Gasteiger partial charge in [0.2, 0.25) is 10.0 Å². The van der Waals surface area contributed by atoms with Crippen LogP contribution in [-0.2, 0) is 16.6 Å². The van der Waals surface area contributed by atoms with Crippen LogP contribution in [0.1, 0.15) is 24.8 Å². The van der Waals surface area contributed by atoms with Crippen LogP contribution in [0.25, 0.3) is 0 Å². The number of hydrogen-bond donors (Lipinski definition) is 2. The monoisotopic (exact) mass is 380 g/mol. The van der Waals surface area contributed by atoms with Crippen molar-refractivity contribution in [3.05, 3.63) is 29.8 Å². The topological polar surface area (TPSA) is 81.8 Å². The highest BCUT2D eigenvalue weighted by Gasteiger charge is 2.41. The molecule has 2 amide bonds. The predicted octanol–water partition coefficient (Wildman–Crippen LogP) is 1.69. The van der Waals surface area contributed by atoms with Gasteiger partial charge in [-0.05, 0) is 50.6 Å². The highest BCUT2D eigenvalue weighted by Crippen LogP contribution is 2.38. The first-order chi connectivity index (χ1) is 12.2. The Hall–Kier alpha value is -1.80. The first-order valence-electron chi connectivity index (χ1n) is 9.03. The largest absolute Gasteiger partial charge is 0.334 e. The Morgan fingerprint density at radius 2 is 2.04 bits per heavy atom. The first kappa shape index (κ1) is 19.0. The van der Waals surface area contributed by atoms with Crippen LogP contribution >= 0.6 is 0 Å². The highest BCUT2D eigenvalue weighted by atomic mass is 32.2. The lowest BCUT2D eigenvalue weighted by Crippen LogP contribution is -2.45. The van der Waals surface area contributed by atoms with E-state index in [0.29, 0.717) is 12.2 Å². The van der Waals surface area contributed by atoms with E-state index in [-0.39, 0.29) is 11.4 Å². The molecule has 0 radical (unpaired) electrons. The lowest BCUT2D eigenvalue weighted by molar-refractivity contribution is 0.115. The summed E-state index contributed by atoms with van der Waals surface area (Å²) in [6.45, 7) is 4.21. The fraction of sp³-hybridized carbons (Fsp3) is 0.611. The maximum Gasteiger partial charge on any atom is 0.317 e. The molecule has 144 valence electrons. The number of carbonyl (C=O) groups excluding carboxylic acids is 1. The zero-order chi connectivity index (χ0) is 18.8. The summed E-state index contributed by atoms with van der Waals surface area (Å²) >= 11 is 0. The fourth-order valence-corrected chi connectivity index (χ4v) is 4.70. The van der Waals surface area contributed by atoms with Gasteiger partial charge in [-0.15, -0.1) is 0 Å². The van der Waals surface area contributed by atoms with E-state index in [2.05, 4.69) is 22.0 Å². The van der Waals surface area contributed by atoms with Crippen LogP contribution in [0.2, 0.25) is 0 Å². The molecule has 0 saturated carbocycles. The van der Waals surface area contributed by atoms with Crippen LogP contribution in [-0.4, -0.2) is 63.7 Å². The first-order valence-corrected chi connectivity index (χ1v) is 10.9. The van der Waals surface area contributed by atoms with Crippen LogP contribution in [0.15, 0.2) is 24.3 Å². The number of nitrogens with zero attached hydrogens (tertiary/aromatic N) is 2. The molecular weight excluding hydrogens is 352 g/mol. The summed E-state index contributed by atoms with van der Waals surface area (Å²) in [4.78, 5) is 16.8. The van der Waals surface area contributed by atoms with E-state index in [1.54, 1.807) is 18.2 Å². The van der Waals surface area contributed by atoms with Gasteiger partial charge in [0, 0.05) is 37.3 Å². The van der Waals surface area contributed by atoms with Gasteiger partial charge >= 0.3 is 6.03 Å². The van der Waals surface area contributed by atoms with Gasteiger partial charge in [0.1, 0.15) is 0 Å². The van der Waals surface area contributed by atoms with E-state index in [4.69, 9.17) is 0 Å². The minimum Gasteiger partial charge on any atom is -0.334 e. The van der Waals surface area contributed by atoms with Crippen molar-refractivity contribution in [3.8, 4) is 0 Å². The van der Waals surface area contributed by atoms with Crippen molar-refractivity contribution in [1.82, 2.24) is 15.1 Å². The molecule has 2 aliphatic heterocycles. The van der Waals surface area contributed by atoms with Gasteiger partial charge in [0.25, 0.3) is 0 Å². The van der Waals surface area contributed by atoms with Gasteiger partial charge < -0.3 is 15.1 Å². The van der Waals surface area contributed by atoms with Crippen molar-refractivity contribution in [2.75, 3.05) is 44.2 Å². The lowest BCUT2D eigenvalue weighted by Gasteiger charge is -2.38. The average Bonchev–Trinajstić information content (AvgIpc) is 2.94. The lowest BCUT2D eigenvalue weighted by atomic mass is 9.79. The third-order valence-corrected chi connectivity index (χ3v) is 5.86. The van der Waals surface area contributed by atoms with E-state index in [0.717, 1.165) is 44.4 Å². The Labute approximate surface area is 155 Å². The third kappa shape index (κ3) is 4.88. The Balaban J connectivity index is 1.54. The Morgan fingerprint density at radius 1 is 1.23 bits per heavy atom. The molecule has 1 atom stereocenters. The summed E-state index contributed by atoms with van der Waals surface area (Å²) in [6.07, 6.45) is 4.58. The number of benzene rings is 1. The second-order valence-electron chi connectivity index (χ2n) is 7.75. The van der Waals surface area contributed by atoms with Crippen LogP contribution in [0.5, 0.6) is 0 Å². The average molecular weight is 381 g/mol. The van der Waals surface area contributed by atoms with E-state index >= 15 is 0 Å². The number of piperidine rings is 1. The number of nitrogens with one attached hydrogen (secondary N) is 2. The van der Waals surface area contributed by atoms with Crippen LogP contribution in [0.4, 0.5) is 10.5 Å². The zero-order valence-corrected chi connectivity index (χ0v) is 16.3. The standard InChI is InChI=1S/C18H28N4O3S/c1-21-9-4-7-18(13-21)8-10-22(14-18)17(23)19-12-15-5-3-6-16(11-15)20-26(2,24)25/h3,5-6,11,20H,4,7-10,12-14H2,1-2H3,(H,19,23). The molecule has 1 aromatic carbocycles. The van der Waals surface area contributed by atoms with Gasteiger partial charge in [-0.1, -0.05) is 12.1 Å². The van der Waals surface area contributed by atoms with Gasteiger partial charge in [-0.25, -0.2) is 13.2 Å². The second-order valence-corrected chi connectivity index (χ2v) is 9.49. The fourth-order valence-electron chi connectivity index (χ4n) is 4.14. The van der Waals surface area contributed by atoms with Gasteiger partial charge in [0.05, 0.1) is 6.26 Å². The number of carbonyl (C=O) groups is 1. The minimum absolute atomic E-state index is 0.0448. The van der Waals surface area contributed by atoms with E-state index < -0.39 is 10.0 Å². The number of sulfonamides is 1.